The number of hydrogen-bond donors (Lipinski definition) is 1. The van der Waals surface area contributed by atoms with E-state index in [1.54, 1.807) is 36.4 Å². The van der Waals surface area contributed by atoms with Crippen molar-refractivity contribution in [3.8, 4) is 0 Å². The van der Waals surface area contributed by atoms with Crippen LogP contribution in [-0.4, -0.2) is 41.9 Å². The predicted molar refractivity (Wildman–Crippen MR) is 103 cm³/mol. The first-order valence-corrected chi connectivity index (χ1v) is 9.56. The Morgan fingerprint density at radius 1 is 1.29 bits per heavy atom. The average molecular weight is 408 g/mol. The largest absolute Gasteiger partial charge is 0.467 e. The normalized spacial score (nSPS) is 14.8. The molecule has 1 saturated heterocycles. The SMILES string of the molecule is CN(Cc1c(F)cccc1Cl)C(=O)C1CCN(C(=O)NCc2ccco2)CC1. The summed E-state index contributed by atoms with van der Waals surface area (Å²) in [7, 11) is 1.65. The number of likely N-dealkylation sites (tertiary alicyclic amines) is 1. The third-order valence-corrected chi connectivity index (χ3v) is 5.31. The summed E-state index contributed by atoms with van der Waals surface area (Å²) in [6.45, 7) is 1.44. The van der Waals surface area contributed by atoms with Crippen molar-refractivity contribution in [2.45, 2.75) is 25.9 Å². The van der Waals surface area contributed by atoms with Crippen molar-refractivity contribution < 1.29 is 18.4 Å². The third kappa shape index (κ3) is 4.84. The van der Waals surface area contributed by atoms with E-state index in [1.807, 2.05) is 0 Å². The molecule has 0 atom stereocenters. The van der Waals surface area contributed by atoms with Gasteiger partial charge >= 0.3 is 6.03 Å². The van der Waals surface area contributed by atoms with Crippen LogP contribution in [0.3, 0.4) is 0 Å². The lowest BCUT2D eigenvalue weighted by molar-refractivity contribution is -0.136. The first kappa shape index (κ1) is 20.2. The molecule has 6 nitrogen and oxygen atoms in total. The Labute approximate surface area is 168 Å². The first-order chi connectivity index (χ1) is 13.5. The van der Waals surface area contributed by atoms with Crippen LogP contribution in [0.4, 0.5) is 9.18 Å². The summed E-state index contributed by atoms with van der Waals surface area (Å²) in [5.74, 6) is 0.0154. The summed E-state index contributed by atoms with van der Waals surface area (Å²) >= 11 is 6.05. The maximum absolute atomic E-state index is 14.0. The number of carbonyl (C=O) groups is 2. The zero-order valence-corrected chi connectivity index (χ0v) is 16.4. The minimum Gasteiger partial charge on any atom is -0.467 e. The lowest BCUT2D eigenvalue weighted by Crippen LogP contribution is -2.46. The van der Waals surface area contributed by atoms with Gasteiger partial charge in [-0.15, -0.1) is 0 Å². The van der Waals surface area contributed by atoms with Gasteiger partial charge in [0.05, 0.1) is 12.8 Å². The van der Waals surface area contributed by atoms with Crippen LogP contribution in [0.25, 0.3) is 0 Å². The summed E-state index contributed by atoms with van der Waals surface area (Å²) < 4.78 is 19.1. The van der Waals surface area contributed by atoms with Crippen LogP contribution in [0, 0.1) is 11.7 Å². The molecule has 1 N–H and O–H groups in total. The van der Waals surface area contributed by atoms with E-state index in [0.717, 1.165) is 0 Å². The van der Waals surface area contributed by atoms with Gasteiger partial charge in [-0.05, 0) is 37.1 Å². The smallest absolute Gasteiger partial charge is 0.317 e. The van der Waals surface area contributed by atoms with Crippen LogP contribution in [0.2, 0.25) is 5.02 Å². The summed E-state index contributed by atoms with van der Waals surface area (Å²) in [6, 6.07) is 7.87. The van der Waals surface area contributed by atoms with Gasteiger partial charge in [0.2, 0.25) is 5.91 Å². The molecule has 28 heavy (non-hydrogen) atoms. The molecule has 0 radical (unpaired) electrons. The van der Waals surface area contributed by atoms with Crippen molar-refractivity contribution in [2.75, 3.05) is 20.1 Å². The molecule has 2 aromatic rings. The van der Waals surface area contributed by atoms with Gasteiger partial charge < -0.3 is 19.5 Å². The number of hydrogen-bond acceptors (Lipinski definition) is 3. The zero-order chi connectivity index (χ0) is 20.1. The Bertz CT molecular complexity index is 800. The fourth-order valence-electron chi connectivity index (χ4n) is 3.33. The van der Waals surface area contributed by atoms with Crippen molar-refractivity contribution in [2.24, 2.45) is 5.92 Å². The Balaban J connectivity index is 1.48. The molecule has 3 rings (SSSR count). The Morgan fingerprint density at radius 3 is 2.68 bits per heavy atom. The van der Waals surface area contributed by atoms with Gasteiger partial charge in [-0.3, -0.25) is 4.79 Å². The maximum atomic E-state index is 14.0. The molecule has 1 aromatic carbocycles. The molecule has 0 bridgehead atoms. The van der Waals surface area contributed by atoms with Gasteiger partial charge in [0.1, 0.15) is 11.6 Å². The van der Waals surface area contributed by atoms with Gasteiger partial charge in [-0.25, -0.2) is 9.18 Å². The molecule has 150 valence electrons. The molecular formula is C20H23ClFN3O3. The standard InChI is InChI=1S/C20H23ClFN3O3/c1-24(13-16-17(21)5-2-6-18(16)22)19(26)14-7-9-25(10-8-14)20(27)23-12-15-4-3-11-28-15/h2-6,11,14H,7-10,12-13H2,1H3,(H,23,27). The number of carbonyl (C=O) groups excluding carboxylic acids is 2. The second-order valence-electron chi connectivity index (χ2n) is 6.89. The molecule has 1 aliphatic heterocycles. The van der Waals surface area contributed by atoms with E-state index < -0.39 is 5.82 Å². The average Bonchev–Trinajstić information content (AvgIpc) is 3.22. The highest BCUT2D eigenvalue weighted by molar-refractivity contribution is 6.31. The van der Waals surface area contributed by atoms with Crippen LogP contribution in [0.5, 0.6) is 0 Å². The van der Waals surface area contributed by atoms with E-state index in [2.05, 4.69) is 5.32 Å². The quantitative estimate of drug-likeness (QED) is 0.822. The van der Waals surface area contributed by atoms with Crippen molar-refractivity contribution in [3.63, 3.8) is 0 Å². The molecule has 3 amide bonds. The first-order valence-electron chi connectivity index (χ1n) is 9.18. The summed E-state index contributed by atoms with van der Waals surface area (Å²) in [5.41, 5.74) is 0.315. The van der Waals surface area contributed by atoms with Crippen LogP contribution >= 0.6 is 11.6 Å². The molecule has 0 aliphatic carbocycles. The number of furan rings is 1. The predicted octanol–water partition coefficient (Wildman–Crippen LogP) is 3.65. The lowest BCUT2D eigenvalue weighted by atomic mass is 9.95. The molecule has 0 unspecified atom stereocenters. The highest BCUT2D eigenvalue weighted by atomic mass is 35.5. The number of piperidine rings is 1. The fourth-order valence-corrected chi connectivity index (χ4v) is 3.55. The van der Waals surface area contributed by atoms with Crippen LogP contribution in [0.1, 0.15) is 24.2 Å². The van der Waals surface area contributed by atoms with Gasteiger partial charge in [0.25, 0.3) is 0 Å². The molecule has 1 aromatic heterocycles. The van der Waals surface area contributed by atoms with E-state index in [4.69, 9.17) is 16.0 Å². The van der Waals surface area contributed by atoms with Gasteiger partial charge in [0, 0.05) is 43.2 Å². The Hall–Kier alpha value is -2.54. The lowest BCUT2D eigenvalue weighted by Gasteiger charge is -2.33. The van der Waals surface area contributed by atoms with E-state index in [0.29, 0.717) is 48.8 Å². The van der Waals surface area contributed by atoms with Crippen molar-refractivity contribution in [1.82, 2.24) is 15.1 Å². The fraction of sp³-hybridized carbons (Fsp3) is 0.400. The summed E-state index contributed by atoms with van der Waals surface area (Å²) in [5, 5.41) is 3.12. The number of benzene rings is 1. The van der Waals surface area contributed by atoms with Gasteiger partial charge in [-0.2, -0.15) is 0 Å². The number of urea groups is 1. The Kier molecular flexibility index (Phi) is 6.57. The molecule has 0 saturated carbocycles. The summed E-state index contributed by atoms with van der Waals surface area (Å²) in [4.78, 5) is 28.1. The van der Waals surface area contributed by atoms with Crippen LogP contribution < -0.4 is 5.32 Å². The van der Waals surface area contributed by atoms with Crippen LogP contribution in [0.15, 0.2) is 41.0 Å². The van der Waals surface area contributed by atoms with Crippen molar-refractivity contribution in [1.29, 1.82) is 0 Å². The van der Waals surface area contributed by atoms with E-state index in [9.17, 15) is 14.0 Å². The van der Waals surface area contributed by atoms with Crippen molar-refractivity contribution >= 4 is 23.5 Å². The molecule has 1 fully saturated rings. The monoisotopic (exact) mass is 407 g/mol. The minimum atomic E-state index is -0.421. The second kappa shape index (κ2) is 9.10. The highest BCUT2D eigenvalue weighted by Crippen LogP contribution is 2.24. The number of halogens is 2. The van der Waals surface area contributed by atoms with Crippen LogP contribution in [-0.2, 0) is 17.9 Å². The van der Waals surface area contributed by atoms with Gasteiger partial charge in [-0.1, -0.05) is 17.7 Å². The highest BCUT2D eigenvalue weighted by Gasteiger charge is 2.29. The number of nitrogens with one attached hydrogen (secondary N) is 1. The van der Waals surface area contributed by atoms with Crippen molar-refractivity contribution in [3.05, 3.63) is 58.8 Å². The number of rotatable bonds is 5. The zero-order valence-electron chi connectivity index (χ0n) is 15.7. The number of amides is 3. The molecule has 2 heterocycles. The van der Waals surface area contributed by atoms with E-state index >= 15 is 0 Å². The summed E-state index contributed by atoms with van der Waals surface area (Å²) in [6.07, 6.45) is 2.70. The third-order valence-electron chi connectivity index (χ3n) is 4.96. The van der Waals surface area contributed by atoms with Gasteiger partial charge in [0.15, 0.2) is 0 Å². The topological polar surface area (TPSA) is 65.8 Å². The molecular weight excluding hydrogens is 385 g/mol. The minimum absolute atomic E-state index is 0.0602. The van der Waals surface area contributed by atoms with E-state index in [1.165, 1.54) is 17.0 Å². The second-order valence-corrected chi connectivity index (χ2v) is 7.30. The molecule has 8 heteroatoms. The Morgan fingerprint density at radius 2 is 2.04 bits per heavy atom. The number of nitrogens with zero attached hydrogens (tertiary/aromatic N) is 2. The van der Waals surface area contributed by atoms with E-state index in [-0.39, 0.29) is 24.4 Å². The maximum Gasteiger partial charge on any atom is 0.317 e. The molecule has 0 spiro atoms. The molecule has 1 aliphatic rings.